The van der Waals surface area contributed by atoms with Crippen LogP contribution >= 0.6 is 12.2 Å². The van der Waals surface area contributed by atoms with E-state index in [0.29, 0.717) is 32.2 Å². The molecule has 0 N–H and O–H groups in total. The van der Waals surface area contributed by atoms with Crippen LogP contribution in [-0.4, -0.2) is 60.6 Å². The Morgan fingerprint density at radius 3 is 2.30 bits per heavy atom. The Balaban J connectivity index is 2.11. The summed E-state index contributed by atoms with van der Waals surface area (Å²) in [5.74, 6) is -0.400. The van der Waals surface area contributed by atoms with E-state index in [1.165, 1.54) is 30.5 Å². The maximum atomic E-state index is 13.4. The predicted molar refractivity (Wildman–Crippen MR) is 123 cm³/mol. The molecule has 1 aliphatic heterocycles. The van der Waals surface area contributed by atoms with Crippen molar-refractivity contribution >= 4 is 38.9 Å². The van der Waals surface area contributed by atoms with Gasteiger partial charge in [-0.1, -0.05) is 12.8 Å². The molecule has 0 bridgehead atoms. The lowest BCUT2D eigenvalue weighted by molar-refractivity contribution is -0.137. The van der Waals surface area contributed by atoms with Crippen LogP contribution in [0, 0.1) is 11.3 Å². The van der Waals surface area contributed by atoms with Crippen molar-refractivity contribution in [3.8, 4) is 6.07 Å². The number of unbranched alkanes of at least 4 members (excludes halogenated alkanes) is 3. The van der Waals surface area contributed by atoms with Crippen LogP contribution in [0.25, 0.3) is 0 Å². The Bertz CT molecular complexity index is 1060. The van der Waals surface area contributed by atoms with Crippen LogP contribution in [0.4, 0.5) is 18.9 Å². The maximum Gasteiger partial charge on any atom is 0.417 e. The first-order chi connectivity index (χ1) is 15.1. The van der Waals surface area contributed by atoms with Crippen molar-refractivity contribution in [2.45, 2.75) is 51.2 Å². The van der Waals surface area contributed by atoms with Crippen LogP contribution in [-0.2, 0) is 21.0 Å². The molecule has 0 aliphatic carbocycles. The van der Waals surface area contributed by atoms with E-state index in [9.17, 15) is 26.4 Å². The zero-order chi connectivity index (χ0) is 25.2. The molecule has 33 heavy (non-hydrogen) atoms. The highest BCUT2D eigenvalue weighted by molar-refractivity contribution is 7.89. The summed E-state index contributed by atoms with van der Waals surface area (Å²) < 4.78 is 64.9. The van der Waals surface area contributed by atoms with Gasteiger partial charge in [0.25, 0.3) is 5.91 Å². The smallest absolute Gasteiger partial charge is 0.334 e. The van der Waals surface area contributed by atoms with Gasteiger partial charge in [0.15, 0.2) is 5.11 Å². The minimum Gasteiger partial charge on any atom is -0.334 e. The number of amides is 1. The van der Waals surface area contributed by atoms with Crippen molar-refractivity contribution in [1.82, 2.24) is 9.21 Å². The monoisotopic (exact) mass is 504 g/mol. The summed E-state index contributed by atoms with van der Waals surface area (Å²) in [5, 5.41) is 9.09. The first-order valence-electron chi connectivity index (χ1n) is 10.3. The van der Waals surface area contributed by atoms with Crippen molar-refractivity contribution in [1.29, 1.82) is 5.26 Å². The number of sulfonamides is 1. The summed E-state index contributed by atoms with van der Waals surface area (Å²) in [4.78, 5) is 15.8. The number of hydrogen-bond acceptors (Lipinski definition) is 5. The number of thiocarbonyl (C=S) groups is 1. The summed E-state index contributed by atoms with van der Waals surface area (Å²) in [6, 6.07) is 4.61. The number of benzene rings is 1. The predicted octanol–water partition coefficient (Wildman–Crippen LogP) is 3.74. The third kappa shape index (κ3) is 5.83. The molecule has 0 aromatic heterocycles. The molecule has 1 aromatic carbocycles. The van der Waals surface area contributed by atoms with Crippen molar-refractivity contribution < 1.29 is 26.4 Å². The molecule has 1 aromatic rings. The molecule has 1 heterocycles. The van der Waals surface area contributed by atoms with Crippen LogP contribution in [0.2, 0.25) is 0 Å². The minimum atomic E-state index is -4.75. The minimum absolute atomic E-state index is 0.0409. The molecule has 0 saturated carbocycles. The quantitative estimate of drug-likeness (QED) is 0.376. The van der Waals surface area contributed by atoms with Gasteiger partial charge in [0.05, 0.1) is 28.6 Å². The second-order valence-electron chi connectivity index (χ2n) is 8.49. The lowest BCUT2D eigenvalue weighted by Gasteiger charge is -2.29. The lowest BCUT2D eigenvalue weighted by Crippen LogP contribution is -2.44. The molecule has 0 spiro atoms. The fourth-order valence-electron chi connectivity index (χ4n) is 3.53. The second kappa shape index (κ2) is 9.95. The van der Waals surface area contributed by atoms with Crippen LogP contribution < -0.4 is 4.90 Å². The van der Waals surface area contributed by atoms with Crippen molar-refractivity contribution in [2.24, 2.45) is 0 Å². The van der Waals surface area contributed by atoms with E-state index < -0.39 is 38.8 Å². The molecule has 0 unspecified atom stereocenters. The highest BCUT2D eigenvalue weighted by Crippen LogP contribution is 2.37. The normalized spacial score (nSPS) is 16.6. The molecule has 0 atom stereocenters. The third-order valence-corrected chi connectivity index (χ3v) is 7.92. The van der Waals surface area contributed by atoms with Gasteiger partial charge in [0, 0.05) is 20.6 Å². The summed E-state index contributed by atoms with van der Waals surface area (Å²) in [6.45, 7) is 3.70. The molecular weight excluding hydrogens is 477 g/mol. The van der Waals surface area contributed by atoms with Gasteiger partial charge in [-0.3, -0.25) is 9.69 Å². The maximum absolute atomic E-state index is 13.4. The zero-order valence-electron chi connectivity index (χ0n) is 18.9. The van der Waals surface area contributed by atoms with Gasteiger partial charge in [-0.15, -0.1) is 0 Å². The number of hydrogen-bond donors (Lipinski definition) is 0. The zero-order valence-corrected chi connectivity index (χ0v) is 20.6. The first kappa shape index (κ1) is 27.0. The van der Waals surface area contributed by atoms with Crippen LogP contribution in [0.15, 0.2) is 18.2 Å². The Morgan fingerprint density at radius 2 is 1.76 bits per heavy atom. The van der Waals surface area contributed by atoms with E-state index >= 15 is 0 Å². The first-order valence-corrected chi connectivity index (χ1v) is 12.3. The number of halogens is 3. The summed E-state index contributed by atoms with van der Waals surface area (Å²) >= 11 is 5.45. The number of anilines is 1. The molecule has 182 valence electrons. The molecule has 2 rings (SSSR count). The Labute approximate surface area is 197 Å². The number of rotatable bonds is 9. The number of carbonyl (C=O) groups is 1. The standard InChI is InChI=1S/C21H27F3N4O3S2/c1-20(2)18(29)28(16-10-9-15(14-25)17(13-16)21(22,23)24)19(32)27(20)11-7-5-6-8-12-33(30,31)26(3)4/h9-10,13H,5-8,11-12H2,1-4H3. The van der Waals surface area contributed by atoms with E-state index in [-0.39, 0.29) is 16.6 Å². The van der Waals surface area contributed by atoms with Crippen LogP contribution in [0.1, 0.15) is 50.7 Å². The summed E-state index contributed by atoms with van der Waals surface area (Å²) in [5.41, 5.74) is -2.75. The average Bonchev–Trinajstić information content (AvgIpc) is 2.88. The third-order valence-electron chi connectivity index (χ3n) is 5.60. The topological polar surface area (TPSA) is 84.7 Å². The van der Waals surface area contributed by atoms with Crippen LogP contribution in [0.5, 0.6) is 0 Å². The van der Waals surface area contributed by atoms with Crippen LogP contribution in [0.3, 0.4) is 0 Å². The highest BCUT2D eigenvalue weighted by Gasteiger charge is 2.49. The fourth-order valence-corrected chi connectivity index (χ4v) is 4.97. The molecule has 0 radical (unpaired) electrons. The molecule has 1 fully saturated rings. The van der Waals surface area contributed by atoms with E-state index in [1.807, 2.05) is 0 Å². The number of nitrogens with zero attached hydrogens (tertiary/aromatic N) is 4. The second-order valence-corrected chi connectivity index (χ2v) is 11.2. The van der Waals surface area contributed by atoms with Gasteiger partial charge in [0.1, 0.15) is 5.54 Å². The van der Waals surface area contributed by atoms with Gasteiger partial charge < -0.3 is 4.90 Å². The molecule has 1 saturated heterocycles. The lowest BCUT2D eigenvalue weighted by atomic mass is 10.0. The Hall–Kier alpha value is -2.23. The fraction of sp³-hybridized carbons (Fsp3) is 0.571. The molecule has 7 nitrogen and oxygen atoms in total. The molecule has 1 amide bonds. The van der Waals surface area contributed by atoms with Gasteiger partial charge in [0.2, 0.25) is 10.0 Å². The number of nitriles is 1. The van der Waals surface area contributed by atoms with Gasteiger partial charge in [-0.25, -0.2) is 12.7 Å². The van der Waals surface area contributed by atoms with E-state index in [2.05, 4.69) is 0 Å². The van der Waals surface area contributed by atoms with Gasteiger partial charge in [-0.2, -0.15) is 18.4 Å². The molecule has 1 aliphatic rings. The van der Waals surface area contributed by atoms with E-state index in [0.717, 1.165) is 17.0 Å². The van der Waals surface area contributed by atoms with E-state index in [4.69, 9.17) is 17.5 Å². The summed E-state index contributed by atoms with van der Waals surface area (Å²) in [6.07, 6.45) is -2.22. The number of alkyl halides is 3. The summed E-state index contributed by atoms with van der Waals surface area (Å²) in [7, 11) is -0.270. The Morgan fingerprint density at radius 1 is 1.15 bits per heavy atom. The average molecular weight is 505 g/mol. The molecular formula is C21H27F3N4O3S2. The van der Waals surface area contributed by atoms with Crippen molar-refractivity contribution in [3.63, 3.8) is 0 Å². The van der Waals surface area contributed by atoms with Gasteiger partial charge in [-0.05, 0) is 57.1 Å². The molecule has 12 heteroatoms. The van der Waals surface area contributed by atoms with Gasteiger partial charge >= 0.3 is 6.18 Å². The number of carbonyl (C=O) groups excluding carboxylic acids is 1. The van der Waals surface area contributed by atoms with E-state index in [1.54, 1.807) is 18.7 Å². The Kier molecular flexibility index (Phi) is 8.14. The van der Waals surface area contributed by atoms with Crippen molar-refractivity contribution in [2.75, 3.05) is 31.3 Å². The largest absolute Gasteiger partial charge is 0.417 e. The SMILES string of the molecule is CN(C)S(=O)(=O)CCCCCCN1C(=S)N(c2ccc(C#N)c(C(F)(F)F)c2)C(=O)C1(C)C. The highest BCUT2D eigenvalue weighted by atomic mass is 32.2. The van der Waals surface area contributed by atoms with Crippen molar-refractivity contribution in [3.05, 3.63) is 29.3 Å².